The summed E-state index contributed by atoms with van der Waals surface area (Å²) in [6.07, 6.45) is 2.35. The fourth-order valence-electron chi connectivity index (χ4n) is 1.80. The van der Waals surface area contributed by atoms with E-state index < -0.39 is 23.4 Å². The summed E-state index contributed by atoms with van der Waals surface area (Å²) in [5, 5.41) is 13.6. The molecular formula is C9H15N3O4. The molecule has 0 atom stereocenters. The number of hydrogen-bond donors (Lipinski definition) is 4. The number of nitrogens with two attached hydrogens (primary N) is 1. The quantitative estimate of drug-likeness (QED) is 0.502. The van der Waals surface area contributed by atoms with Crippen molar-refractivity contribution in [3.63, 3.8) is 0 Å². The highest BCUT2D eigenvalue weighted by molar-refractivity contribution is 5.88. The zero-order valence-corrected chi connectivity index (χ0v) is 8.78. The van der Waals surface area contributed by atoms with Gasteiger partial charge in [0, 0.05) is 0 Å². The molecule has 1 aliphatic carbocycles. The van der Waals surface area contributed by atoms with Gasteiger partial charge in [-0.2, -0.15) is 0 Å². The van der Waals surface area contributed by atoms with Gasteiger partial charge in [-0.1, -0.05) is 12.8 Å². The summed E-state index contributed by atoms with van der Waals surface area (Å²) in [7, 11) is 0. The second-order valence-electron chi connectivity index (χ2n) is 3.87. The molecule has 16 heavy (non-hydrogen) atoms. The third kappa shape index (κ3) is 2.85. The number of hydrogen-bond acceptors (Lipinski definition) is 3. The standard InChI is InChI=1S/C9H15N3O4/c10-6(13)5-11-8(16)12-9(7(14)15)3-1-2-4-9/h1-5H2,(H2,10,13)(H,14,15)(H2,11,12,16). The number of carboxylic acids is 1. The number of aliphatic carboxylic acids is 1. The van der Waals surface area contributed by atoms with E-state index in [4.69, 9.17) is 10.8 Å². The Morgan fingerprint density at radius 1 is 1.25 bits per heavy atom. The average Bonchev–Trinajstić information content (AvgIpc) is 2.64. The normalized spacial score (nSPS) is 17.8. The summed E-state index contributed by atoms with van der Waals surface area (Å²) in [5.74, 6) is -1.72. The van der Waals surface area contributed by atoms with E-state index in [-0.39, 0.29) is 6.54 Å². The van der Waals surface area contributed by atoms with Gasteiger partial charge >= 0.3 is 12.0 Å². The van der Waals surface area contributed by atoms with E-state index in [1.807, 2.05) is 0 Å². The third-order valence-electron chi connectivity index (χ3n) is 2.64. The van der Waals surface area contributed by atoms with Crippen LogP contribution in [0.3, 0.4) is 0 Å². The first-order valence-electron chi connectivity index (χ1n) is 5.04. The lowest BCUT2D eigenvalue weighted by Gasteiger charge is -2.25. The van der Waals surface area contributed by atoms with E-state index in [1.54, 1.807) is 0 Å². The molecule has 7 nitrogen and oxygen atoms in total. The molecule has 0 unspecified atom stereocenters. The predicted octanol–water partition coefficient (Wildman–Crippen LogP) is -0.832. The van der Waals surface area contributed by atoms with Crippen molar-refractivity contribution < 1.29 is 19.5 Å². The van der Waals surface area contributed by atoms with Crippen molar-refractivity contribution in [1.29, 1.82) is 0 Å². The summed E-state index contributed by atoms with van der Waals surface area (Å²) in [4.78, 5) is 32.8. The number of carbonyl (C=O) groups excluding carboxylic acids is 2. The van der Waals surface area contributed by atoms with Crippen molar-refractivity contribution in [3.8, 4) is 0 Å². The molecule has 1 aliphatic rings. The van der Waals surface area contributed by atoms with Gasteiger partial charge in [-0.05, 0) is 12.8 Å². The van der Waals surface area contributed by atoms with Crippen molar-refractivity contribution in [1.82, 2.24) is 10.6 Å². The molecule has 0 heterocycles. The zero-order valence-electron chi connectivity index (χ0n) is 8.78. The van der Waals surface area contributed by atoms with E-state index in [9.17, 15) is 14.4 Å². The highest BCUT2D eigenvalue weighted by Crippen LogP contribution is 2.29. The Hall–Kier alpha value is -1.79. The fourth-order valence-corrected chi connectivity index (χ4v) is 1.80. The summed E-state index contributed by atoms with van der Waals surface area (Å²) < 4.78 is 0. The second kappa shape index (κ2) is 4.82. The number of primary amides is 1. The lowest BCUT2D eigenvalue weighted by atomic mass is 9.98. The predicted molar refractivity (Wildman–Crippen MR) is 54.6 cm³/mol. The molecule has 0 bridgehead atoms. The molecule has 0 aromatic rings. The minimum Gasteiger partial charge on any atom is -0.480 e. The smallest absolute Gasteiger partial charge is 0.329 e. The Morgan fingerprint density at radius 3 is 2.25 bits per heavy atom. The first-order chi connectivity index (χ1) is 7.46. The lowest BCUT2D eigenvalue weighted by Crippen LogP contribution is -2.56. The largest absolute Gasteiger partial charge is 0.480 e. The van der Waals surface area contributed by atoms with Gasteiger partial charge in [0.05, 0.1) is 6.54 Å². The van der Waals surface area contributed by atoms with Crippen molar-refractivity contribution in [3.05, 3.63) is 0 Å². The summed E-state index contributed by atoms with van der Waals surface area (Å²) in [6.45, 7) is -0.304. The number of nitrogens with one attached hydrogen (secondary N) is 2. The van der Waals surface area contributed by atoms with Crippen LogP contribution in [0, 0.1) is 0 Å². The van der Waals surface area contributed by atoms with Gasteiger partial charge in [-0.3, -0.25) is 4.79 Å². The SMILES string of the molecule is NC(=O)CNC(=O)NC1(C(=O)O)CCCC1. The van der Waals surface area contributed by atoms with Gasteiger partial charge in [0.2, 0.25) is 5.91 Å². The van der Waals surface area contributed by atoms with E-state index >= 15 is 0 Å². The van der Waals surface area contributed by atoms with Crippen LogP contribution in [0.25, 0.3) is 0 Å². The molecular weight excluding hydrogens is 214 g/mol. The number of carboxylic acid groups (broad SMARTS) is 1. The number of urea groups is 1. The molecule has 0 spiro atoms. The monoisotopic (exact) mass is 229 g/mol. The molecule has 1 fully saturated rings. The van der Waals surface area contributed by atoms with E-state index in [1.165, 1.54) is 0 Å². The van der Waals surface area contributed by atoms with Crippen LogP contribution in [0.5, 0.6) is 0 Å². The first kappa shape index (κ1) is 12.3. The zero-order chi connectivity index (χ0) is 12.2. The summed E-state index contributed by atoms with van der Waals surface area (Å²) in [6, 6.07) is -0.678. The molecule has 1 saturated carbocycles. The van der Waals surface area contributed by atoms with Crippen molar-refractivity contribution >= 4 is 17.9 Å². The number of carbonyl (C=O) groups is 3. The van der Waals surface area contributed by atoms with Crippen LogP contribution in [0.1, 0.15) is 25.7 Å². The molecule has 90 valence electrons. The topological polar surface area (TPSA) is 122 Å². The Labute approximate surface area is 92.4 Å². The molecule has 3 amide bonds. The number of amides is 3. The molecule has 0 aromatic heterocycles. The van der Waals surface area contributed by atoms with E-state index in [0.717, 1.165) is 12.8 Å². The highest BCUT2D eigenvalue weighted by Gasteiger charge is 2.42. The molecule has 0 radical (unpaired) electrons. The minimum absolute atomic E-state index is 0.304. The minimum atomic E-state index is -1.19. The average molecular weight is 229 g/mol. The Balaban J connectivity index is 2.52. The molecule has 0 aliphatic heterocycles. The van der Waals surface area contributed by atoms with Crippen LogP contribution in [-0.4, -0.2) is 35.1 Å². The molecule has 0 saturated heterocycles. The lowest BCUT2D eigenvalue weighted by molar-refractivity contribution is -0.144. The van der Waals surface area contributed by atoms with Crippen molar-refractivity contribution in [2.75, 3.05) is 6.54 Å². The van der Waals surface area contributed by atoms with Crippen molar-refractivity contribution in [2.24, 2.45) is 5.73 Å². The van der Waals surface area contributed by atoms with Crippen LogP contribution >= 0.6 is 0 Å². The van der Waals surface area contributed by atoms with Crippen LogP contribution in [0.15, 0.2) is 0 Å². The molecule has 1 rings (SSSR count). The summed E-state index contributed by atoms with van der Waals surface area (Å²) in [5.41, 5.74) is 3.65. The van der Waals surface area contributed by atoms with Gasteiger partial charge in [0.15, 0.2) is 0 Å². The first-order valence-corrected chi connectivity index (χ1v) is 5.04. The van der Waals surface area contributed by atoms with Gasteiger partial charge < -0.3 is 21.5 Å². The Kier molecular flexibility index (Phi) is 3.70. The highest BCUT2D eigenvalue weighted by atomic mass is 16.4. The van der Waals surface area contributed by atoms with Gasteiger partial charge in [-0.25, -0.2) is 9.59 Å². The maximum absolute atomic E-state index is 11.3. The molecule has 0 aromatic carbocycles. The Bertz CT molecular complexity index is 310. The second-order valence-corrected chi connectivity index (χ2v) is 3.87. The number of rotatable bonds is 4. The molecule has 7 heteroatoms. The third-order valence-corrected chi connectivity index (χ3v) is 2.64. The Morgan fingerprint density at radius 2 is 1.81 bits per heavy atom. The van der Waals surface area contributed by atoms with Crippen LogP contribution in [-0.2, 0) is 9.59 Å². The van der Waals surface area contributed by atoms with Gasteiger partial charge in [0.1, 0.15) is 5.54 Å². The van der Waals surface area contributed by atoms with Crippen LogP contribution < -0.4 is 16.4 Å². The maximum atomic E-state index is 11.3. The van der Waals surface area contributed by atoms with Gasteiger partial charge in [-0.15, -0.1) is 0 Å². The van der Waals surface area contributed by atoms with E-state index in [2.05, 4.69) is 10.6 Å². The molecule has 5 N–H and O–H groups in total. The van der Waals surface area contributed by atoms with Crippen LogP contribution in [0.4, 0.5) is 4.79 Å². The van der Waals surface area contributed by atoms with Crippen molar-refractivity contribution in [2.45, 2.75) is 31.2 Å². The maximum Gasteiger partial charge on any atom is 0.329 e. The van der Waals surface area contributed by atoms with Gasteiger partial charge in [0.25, 0.3) is 0 Å². The van der Waals surface area contributed by atoms with Crippen LogP contribution in [0.2, 0.25) is 0 Å². The van der Waals surface area contributed by atoms with E-state index in [0.29, 0.717) is 12.8 Å². The summed E-state index contributed by atoms with van der Waals surface area (Å²) >= 11 is 0. The fraction of sp³-hybridized carbons (Fsp3) is 0.667.